The van der Waals surface area contributed by atoms with Gasteiger partial charge in [-0.1, -0.05) is 6.07 Å². The van der Waals surface area contributed by atoms with Crippen LogP contribution in [0.5, 0.6) is 5.75 Å². The molecular formula is C8H10N2O4. The molecule has 1 atom stereocenters. The second kappa shape index (κ2) is 4.03. The first-order valence-corrected chi connectivity index (χ1v) is 3.90. The molecule has 6 heteroatoms. The molecule has 0 fully saturated rings. The minimum Gasteiger partial charge on any atom is -0.502 e. The average Bonchev–Trinajstić information content (AvgIpc) is 2.15. The molecule has 0 aromatic heterocycles. The lowest BCUT2D eigenvalue weighted by molar-refractivity contribution is -0.385. The number of hydrogen-bond donors (Lipinski definition) is 3. The van der Waals surface area contributed by atoms with E-state index in [1.807, 2.05) is 0 Å². The van der Waals surface area contributed by atoms with Gasteiger partial charge in [-0.05, 0) is 11.6 Å². The van der Waals surface area contributed by atoms with Crippen molar-refractivity contribution in [2.24, 2.45) is 5.73 Å². The standard InChI is InChI=1S/C8H10N2O4/c9-6(4-11)5-1-2-7(10(13)14)8(12)3-5/h1-3,6,11-12H,4,9H2/t6-/m1/s1. The van der Waals surface area contributed by atoms with Gasteiger partial charge in [-0.2, -0.15) is 0 Å². The highest BCUT2D eigenvalue weighted by molar-refractivity contribution is 5.47. The summed E-state index contributed by atoms with van der Waals surface area (Å²) in [4.78, 5) is 9.65. The minimum atomic E-state index is -0.691. The van der Waals surface area contributed by atoms with Crippen LogP contribution in [0.25, 0.3) is 0 Å². The SMILES string of the molecule is N[C@H](CO)c1ccc([N+](=O)[O-])c(O)c1. The van der Waals surface area contributed by atoms with Gasteiger partial charge >= 0.3 is 5.69 Å². The van der Waals surface area contributed by atoms with Crippen LogP contribution < -0.4 is 5.73 Å². The number of nitro benzene ring substituents is 1. The van der Waals surface area contributed by atoms with Crippen LogP contribution >= 0.6 is 0 Å². The van der Waals surface area contributed by atoms with E-state index in [2.05, 4.69) is 0 Å². The maximum atomic E-state index is 10.3. The van der Waals surface area contributed by atoms with E-state index in [-0.39, 0.29) is 12.3 Å². The Hall–Kier alpha value is -1.66. The molecule has 0 heterocycles. The molecule has 0 aliphatic carbocycles. The molecule has 1 rings (SSSR count). The highest BCUT2D eigenvalue weighted by Gasteiger charge is 2.14. The van der Waals surface area contributed by atoms with E-state index in [0.29, 0.717) is 5.56 Å². The summed E-state index contributed by atoms with van der Waals surface area (Å²) < 4.78 is 0. The number of phenols is 1. The number of hydrogen-bond acceptors (Lipinski definition) is 5. The maximum Gasteiger partial charge on any atom is 0.310 e. The van der Waals surface area contributed by atoms with E-state index in [4.69, 9.17) is 10.8 Å². The quantitative estimate of drug-likeness (QED) is 0.477. The summed E-state index contributed by atoms with van der Waals surface area (Å²) in [5, 5.41) is 28.3. The first-order chi connectivity index (χ1) is 6.56. The van der Waals surface area contributed by atoms with Crippen LogP contribution in [0.4, 0.5) is 5.69 Å². The smallest absolute Gasteiger partial charge is 0.310 e. The summed E-state index contributed by atoms with van der Waals surface area (Å²) >= 11 is 0. The second-order valence-electron chi connectivity index (χ2n) is 2.79. The number of aromatic hydroxyl groups is 1. The first-order valence-electron chi connectivity index (χ1n) is 3.90. The fourth-order valence-corrected chi connectivity index (χ4v) is 1.03. The van der Waals surface area contributed by atoms with E-state index in [9.17, 15) is 15.2 Å². The topological polar surface area (TPSA) is 110 Å². The predicted molar refractivity (Wildman–Crippen MR) is 48.8 cm³/mol. The minimum absolute atomic E-state index is 0.281. The number of benzene rings is 1. The average molecular weight is 198 g/mol. The van der Waals surface area contributed by atoms with Crippen LogP contribution in [0, 0.1) is 10.1 Å². The van der Waals surface area contributed by atoms with E-state index < -0.39 is 16.7 Å². The molecule has 0 saturated heterocycles. The summed E-state index contributed by atoms with van der Waals surface area (Å²) in [6, 6.07) is 3.10. The lowest BCUT2D eigenvalue weighted by atomic mass is 10.1. The summed E-state index contributed by atoms with van der Waals surface area (Å²) in [6.45, 7) is -0.281. The van der Waals surface area contributed by atoms with Gasteiger partial charge in [-0.3, -0.25) is 10.1 Å². The van der Waals surface area contributed by atoms with Crippen LogP contribution in [-0.2, 0) is 0 Å². The molecule has 1 aromatic carbocycles. The van der Waals surface area contributed by atoms with Crippen molar-refractivity contribution in [2.75, 3.05) is 6.61 Å². The van der Waals surface area contributed by atoms with Gasteiger partial charge in [0, 0.05) is 6.07 Å². The third kappa shape index (κ3) is 1.98. The number of rotatable bonds is 3. The Morgan fingerprint density at radius 1 is 1.57 bits per heavy atom. The highest BCUT2D eigenvalue weighted by atomic mass is 16.6. The lowest BCUT2D eigenvalue weighted by Gasteiger charge is -2.08. The van der Waals surface area contributed by atoms with Gasteiger partial charge < -0.3 is 15.9 Å². The zero-order valence-electron chi connectivity index (χ0n) is 7.25. The second-order valence-corrected chi connectivity index (χ2v) is 2.79. The number of aliphatic hydroxyl groups excluding tert-OH is 1. The van der Waals surface area contributed by atoms with Crippen molar-refractivity contribution in [3.63, 3.8) is 0 Å². The van der Waals surface area contributed by atoms with Crippen molar-refractivity contribution in [1.29, 1.82) is 0 Å². The number of aliphatic hydroxyl groups is 1. The Morgan fingerprint density at radius 3 is 2.64 bits per heavy atom. The molecule has 0 bridgehead atoms. The van der Waals surface area contributed by atoms with E-state index >= 15 is 0 Å². The molecule has 0 aliphatic rings. The summed E-state index contributed by atoms with van der Waals surface area (Å²) in [7, 11) is 0. The molecule has 76 valence electrons. The van der Waals surface area contributed by atoms with Gasteiger partial charge in [0.1, 0.15) is 0 Å². The van der Waals surface area contributed by atoms with Gasteiger partial charge in [-0.25, -0.2) is 0 Å². The zero-order valence-corrected chi connectivity index (χ0v) is 7.25. The number of phenolic OH excluding ortho intramolecular Hbond substituents is 1. The number of nitrogens with two attached hydrogens (primary N) is 1. The van der Waals surface area contributed by atoms with E-state index in [0.717, 1.165) is 6.07 Å². The van der Waals surface area contributed by atoms with E-state index in [1.165, 1.54) is 12.1 Å². The highest BCUT2D eigenvalue weighted by Crippen LogP contribution is 2.27. The van der Waals surface area contributed by atoms with Crippen molar-refractivity contribution in [3.05, 3.63) is 33.9 Å². The molecule has 0 aliphatic heterocycles. The molecule has 14 heavy (non-hydrogen) atoms. The van der Waals surface area contributed by atoms with Crippen LogP contribution in [0.1, 0.15) is 11.6 Å². The molecule has 0 saturated carbocycles. The Balaban J connectivity index is 3.06. The third-order valence-electron chi connectivity index (χ3n) is 1.82. The molecule has 4 N–H and O–H groups in total. The fourth-order valence-electron chi connectivity index (χ4n) is 1.03. The monoisotopic (exact) mass is 198 g/mol. The molecule has 0 unspecified atom stereocenters. The summed E-state index contributed by atoms with van der Waals surface area (Å²) in [5.74, 6) is -0.448. The van der Waals surface area contributed by atoms with Crippen molar-refractivity contribution < 1.29 is 15.1 Å². The Labute approximate surface area is 79.7 Å². The third-order valence-corrected chi connectivity index (χ3v) is 1.82. The van der Waals surface area contributed by atoms with Crippen molar-refractivity contribution in [1.82, 2.24) is 0 Å². The van der Waals surface area contributed by atoms with Crippen LogP contribution in [0.15, 0.2) is 18.2 Å². The molecule has 0 radical (unpaired) electrons. The van der Waals surface area contributed by atoms with Crippen LogP contribution in [-0.4, -0.2) is 21.7 Å². The number of nitrogens with zero attached hydrogens (tertiary/aromatic N) is 1. The molecule has 1 aromatic rings. The van der Waals surface area contributed by atoms with Crippen molar-refractivity contribution >= 4 is 5.69 Å². The summed E-state index contributed by atoms with van der Waals surface area (Å²) in [5.41, 5.74) is 5.54. The Kier molecular flexibility index (Phi) is 3.00. The van der Waals surface area contributed by atoms with Crippen LogP contribution in [0.3, 0.4) is 0 Å². The molecule has 6 nitrogen and oxygen atoms in total. The molecule has 0 spiro atoms. The van der Waals surface area contributed by atoms with Crippen LogP contribution in [0.2, 0.25) is 0 Å². The fraction of sp³-hybridized carbons (Fsp3) is 0.250. The Bertz CT molecular complexity index is 353. The van der Waals surface area contributed by atoms with Crippen molar-refractivity contribution in [2.45, 2.75) is 6.04 Å². The van der Waals surface area contributed by atoms with Gasteiger partial charge in [-0.15, -0.1) is 0 Å². The summed E-state index contributed by atoms with van der Waals surface area (Å²) in [6.07, 6.45) is 0. The lowest BCUT2D eigenvalue weighted by Crippen LogP contribution is -2.14. The van der Waals surface area contributed by atoms with Gasteiger partial charge in [0.15, 0.2) is 5.75 Å². The van der Waals surface area contributed by atoms with Gasteiger partial charge in [0.25, 0.3) is 0 Å². The molecule has 0 amide bonds. The predicted octanol–water partition coefficient (Wildman–Crippen LogP) is 0.292. The van der Waals surface area contributed by atoms with E-state index in [1.54, 1.807) is 0 Å². The largest absolute Gasteiger partial charge is 0.502 e. The number of nitro groups is 1. The van der Waals surface area contributed by atoms with Crippen molar-refractivity contribution in [3.8, 4) is 5.75 Å². The van der Waals surface area contributed by atoms with Gasteiger partial charge in [0.05, 0.1) is 17.6 Å². The first kappa shape index (κ1) is 10.4. The molecular weight excluding hydrogens is 188 g/mol. The Morgan fingerprint density at radius 2 is 2.21 bits per heavy atom. The zero-order chi connectivity index (χ0) is 10.7. The van der Waals surface area contributed by atoms with Gasteiger partial charge in [0.2, 0.25) is 0 Å². The maximum absolute atomic E-state index is 10.3. The normalized spacial score (nSPS) is 12.4.